The minimum absolute atomic E-state index is 0.00516. The SMILES string of the molecule is CCCCCCCCCCCCCCCCCCCCCC(=O)OCC(O)COP(=O)([O-])OCC[N+](C)(C)C. The van der Waals surface area contributed by atoms with Crippen LogP contribution in [0.4, 0.5) is 0 Å². The molecule has 0 aromatic heterocycles. The largest absolute Gasteiger partial charge is 0.756 e. The van der Waals surface area contributed by atoms with Gasteiger partial charge >= 0.3 is 5.97 Å². The number of likely N-dealkylation sites (N-methyl/N-ethyl adjacent to an activating group) is 1. The number of aliphatic hydroxyl groups is 1. The van der Waals surface area contributed by atoms with Crippen molar-refractivity contribution in [1.29, 1.82) is 0 Å². The fourth-order valence-corrected chi connectivity index (χ4v) is 5.03. The molecule has 39 heavy (non-hydrogen) atoms. The van der Waals surface area contributed by atoms with Crippen molar-refractivity contribution < 1.29 is 37.6 Å². The minimum Gasteiger partial charge on any atom is -0.756 e. The highest BCUT2D eigenvalue weighted by Crippen LogP contribution is 2.38. The van der Waals surface area contributed by atoms with Gasteiger partial charge in [0.1, 0.15) is 25.9 Å². The third kappa shape index (κ3) is 30.3. The molecule has 0 aliphatic heterocycles. The molecule has 0 aromatic rings. The Bertz CT molecular complexity index is 613. The van der Waals surface area contributed by atoms with Gasteiger partial charge in [-0.15, -0.1) is 0 Å². The van der Waals surface area contributed by atoms with Gasteiger partial charge in [-0.05, 0) is 6.42 Å². The Hall–Kier alpha value is -0.500. The van der Waals surface area contributed by atoms with Gasteiger partial charge in [-0.25, -0.2) is 0 Å². The Labute approximate surface area is 240 Å². The van der Waals surface area contributed by atoms with Crippen molar-refractivity contribution in [2.24, 2.45) is 0 Å². The standard InChI is InChI=1S/C30H62NO7P/c1-5-6-7-8-9-10-11-12-13-14-15-16-17-18-19-20-21-22-23-24-30(33)36-27-29(32)28-38-39(34,35)37-26-25-31(2,3)4/h29,32H,5-28H2,1-4H3. The maximum atomic E-state index is 11.8. The lowest BCUT2D eigenvalue weighted by Gasteiger charge is -2.27. The van der Waals surface area contributed by atoms with Crippen molar-refractivity contribution in [3.63, 3.8) is 0 Å². The maximum Gasteiger partial charge on any atom is 0.305 e. The minimum atomic E-state index is -4.49. The monoisotopic (exact) mass is 579 g/mol. The van der Waals surface area contributed by atoms with Gasteiger partial charge in [-0.3, -0.25) is 9.36 Å². The lowest BCUT2D eigenvalue weighted by Crippen LogP contribution is -2.37. The van der Waals surface area contributed by atoms with Crippen molar-refractivity contribution in [3.8, 4) is 0 Å². The van der Waals surface area contributed by atoms with Gasteiger partial charge in [-0.2, -0.15) is 0 Å². The number of rotatable bonds is 29. The summed E-state index contributed by atoms with van der Waals surface area (Å²) in [5.41, 5.74) is 0. The Morgan fingerprint density at radius 2 is 1.13 bits per heavy atom. The van der Waals surface area contributed by atoms with Crippen LogP contribution in [0, 0.1) is 0 Å². The van der Waals surface area contributed by atoms with E-state index in [0.29, 0.717) is 17.4 Å². The highest BCUT2D eigenvalue weighted by molar-refractivity contribution is 7.45. The van der Waals surface area contributed by atoms with Crippen LogP contribution in [-0.2, 0) is 23.1 Å². The molecule has 0 aliphatic rings. The third-order valence-corrected chi connectivity index (χ3v) is 7.82. The number of carbonyl (C=O) groups is 1. The van der Waals surface area contributed by atoms with Crippen LogP contribution < -0.4 is 4.89 Å². The zero-order valence-electron chi connectivity index (χ0n) is 25.8. The van der Waals surface area contributed by atoms with Crippen molar-refractivity contribution in [3.05, 3.63) is 0 Å². The molecule has 0 spiro atoms. The molecular formula is C30H62NO7P. The number of hydrogen-bond donors (Lipinski definition) is 1. The first-order valence-electron chi connectivity index (χ1n) is 15.8. The topological polar surface area (TPSA) is 105 Å². The molecule has 1 N–H and O–H groups in total. The summed E-state index contributed by atoms with van der Waals surface area (Å²) in [5, 5.41) is 9.83. The fraction of sp³-hybridized carbons (Fsp3) is 0.967. The molecule has 0 aromatic carbocycles. The van der Waals surface area contributed by atoms with Gasteiger partial charge in [0.2, 0.25) is 0 Å². The van der Waals surface area contributed by atoms with E-state index in [-0.39, 0.29) is 19.2 Å². The summed E-state index contributed by atoms with van der Waals surface area (Å²) in [7, 11) is 1.26. The molecule has 0 saturated carbocycles. The first-order chi connectivity index (χ1) is 18.6. The summed E-state index contributed by atoms with van der Waals surface area (Å²) in [6.45, 7) is 1.96. The van der Waals surface area contributed by atoms with E-state index in [4.69, 9.17) is 9.26 Å². The van der Waals surface area contributed by atoms with Gasteiger partial charge in [0.15, 0.2) is 0 Å². The molecule has 0 aliphatic carbocycles. The van der Waals surface area contributed by atoms with Gasteiger partial charge in [0, 0.05) is 6.42 Å². The summed E-state index contributed by atoms with van der Waals surface area (Å²) in [5.74, 6) is -0.384. The molecule has 0 heterocycles. The Balaban J connectivity index is 3.45. The third-order valence-electron chi connectivity index (χ3n) is 6.86. The van der Waals surface area contributed by atoms with E-state index in [1.54, 1.807) is 0 Å². The summed E-state index contributed by atoms with van der Waals surface area (Å²) >= 11 is 0. The molecule has 0 saturated heterocycles. The number of phosphoric ester groups is 1. The average molecular weight is 580 g/mol. The average Bonchev–Trinajstić information content (AvgIpc) is 2.86. The number of esters is 1. The van der Waals surface area contributed by atoms with Crippen molar-refractivity contribution in [2.75, 3.05) is 47.5 Å². The fourth-order valence-electron chi connectivity index (χ4n) is 4.30. The van der Waals surface area contributed by atoms with Crippen LogP contribution in [0.3, 0.4) is 0 Å². The summed E-state index contributed by atoms with van der Waals surface area (Å²) in [4.78, 5) is 23.6. The lowest BCUT2D eigenvalue weighted by atomic mass is 10.0. The second kappa shape index (κ2) is 25.2. The van der Waals surface area contributed by atoms with Crippen molar-refractivity contribution in [1.82, 2.24) is 0 Å². The first-order valence-corrected chi connectivity index (χ1v) is 17.3. The van der Waals surface area contributed by atoms with E-state index < -0.39 is 20.5 Å². The quantitative estimate of drug-likeness (QED) is 0.0444. The molecule has 0 radical (unpaired) electrons. The number of ether oxygens (including phenoxy) is 1. The van der Waals surface area contributed by atoms with Crippen LogP contribution in [0.25, 0.3) is 0 Å². The highest BCUT2D eigenvalue weighted by atomic mass is 31.2. The zero-order chi connectivity index (χ0) is 29.2. The van der Waals surface area contributed by atoms with Gasteiger partial charge in [0.25, 0.3) is 7.82 Å². The molecular weight excluding hydrogens is 517 g/mol. The van der Waals surface area contributed by atoms with E-state index in [1.807, 2.05) is 21.1 Å². The zero-order valence-corrected chi connectivity index (χ0v) is 26.7. The first kappa shape index (κ1) is 38.5. The van der Waals surface area contributed by atoms with Gasteiger partial charge in [0.05, 0.1) is 27.7 Å². The summed E-state index contributed by atoms with van der Waals surface area (Å²) in [6, 6.07) is 0. The second-order valence-corrected chi connectivity index (χ2v) is 13.5. The van der Waals surface area contributed by atoms with E-state index >= 15 is 0 Å². The summed E-state index contributed by atoms with van der Waals surface area (Å²) in [6.07, 6.45) is 23.8. The van der Waals surface area contributed by atoms with Crippen LogP contribution >= 0.6 is 7.82 Å². The maximum absolute atomic E-state index is 11.8. The van der Waals surface area contributed by atoms with Gasteiger partial charge < -0.3 is 28.3 Å². The van der Waals surface area contributed by atoms with Crippen LogP contribution in [0.5, 0.6) is 0 Å². The van der Waals surface area contributed by atoms with E-state index in [0.717, 1.165) is 19.3 Å². The van der Waals surface area contributed by atoms with Gasteiger partial charge in [-0.1, -0.05) is 122 Å². The Morgan fingerprint density at radius 1 is 0.718 bits per heavy atom. The predicted molar refractivity (Wildman–Crippen MR) is 157 cm³/mol. The van der Waals surface area contributed by atoms with Crippen molar-refractivity contribution >= 4 is 13.8 Å². The Kier molecular flexibility index (Phi) is 24.9. The van der Waals surface area contributed by atoms with E-state index in [9.17, 15) is 19.4 Å². The van der Waals surface area contributed by atoms with Crippen LogP contribution in [0.1, 0.15) is 135 Å². The molecule has 234 valence electrons. The number of carbonyl (C=O) groups excluding carboxylic acids is 1. The van der Waals surface area contributed by atoms with E-state index in [2.05, 4.69) is 11.4 Å². The van der Waals surface area contributed by atoms with Crippen LogP contribution in [-0.4, -0.2) is 69.2 Å². The normalized spacial score (nSPS) is 14.3. The number of aliphatic hydroxyl groups excluding tert-OH is 1. The molecule has 0 bridgehead atoms. The Morgan fingerprint density at radius 3 is 1.54 bits per heavy atom. The number of phosphoric acid groups is 1. The number of hydrogen-bond acceptors (Lipinski definition) is 7. The molecule has 0 fully saturated rings. The molecule has 9 heteroatoms. The molecule has 2 unspecified atom stereocenters. The number of quaternary nitrogens is 1. The molecule has 0 rings (SSSR count). The smallest absolute Gasteiger partial charge is 0.305 e. The molecule has 0 amide bonds. The van der Waals surface area contributed by atoms with Crippen LogP contribution in [0.2, 0.25) is 0 Å². The van der Waals surface area contributed by atoms with Crippen LogP contribution in [0.15, 0.2) is 0 Å². The summed E-state index contributed by atoms with van der Waals surface area (Å²) < 4.78 is 26.7. The molecule has 2 atom stereocenters. The second-order valence-electron chi connectivity index (χ2n) is 12.0. The van der Waals surface area contributed by atoms with E-state index in [1.165, 1.54) is 103 Å². The lowest BCUT2D eigenvalue weighted by molar-refractivity contribution is -0.870. The van der Waals surface area contributed by atoms with Crippen molar-refractivity contribution in [2.45, 2.75) is 141 Å². The number of unbranched alkanes of at least 4 members (excludes halogenated alkanes) is 18. The predicted octanol–water partition coefficient (Wildman–Crippen LogP) is 6.92. The molecule has 8 nitrogen and oxygen atoms in total. The highest BCUT2D eigenvalue weighted by Gasteiger charge is 2.16. The number of nitrogens with zero attached hydrogens (tertiary/aromatic N) is 1.